The molecule has 0 saturated carbocycles. The second-order valence-corrected chi connectivity index (χ2v) is 7.97. The van der Waals surface area contributed by atoms with Gasteiger partial charge in [-0.05, 0) is 49.1 Å². The van der Waals surface area contributed by atoms with Gasteiger partial charge in [-0.15, -0.1) is 0 Å². The predicted octanol–water partition coefficient (Wildman–Crippen LogP) is 2.60. The van der Waals surface area contributed by atoms with Crippen molar-refractivity contribution >= 4 is 70.4 Å². The van der Waals surface area contributed by atoms with Crippen LogP contribution in [0, 0.1) is 17.0 Å². The molecule has 1 aromatic carbocycles. The third-order valence-corrected chi connectivity index (χ3v) is 5.10. The minimum atomic E-state index is -1.21. The first-order valence-electron chi connectivity index (χ1n) is 10.5. The van der Waals surface area contributed by atoms with Crippen LogP contribution in [0.15, 0.2) is 36.5 Å². The number of pyridine rings is 1. The molecule has 11 nitrogen and oxygen atoms in total. The van der Waals surface area contributed by atoms with Crippen LogP contribution in [0.5, 0.6) is 0 Å². The summed E-state index contributed by atoms with van der Waals surface area (Å²) in [6.07, 6.45) is 2.76. The Kier molecular flexibility index (Phi) is 13.2. The van der Waals surface area contributed by atoms with Gasteiger partial charge in [0.15, 0.2) is 0 Å². The Morgan fingerprint density at radius 2 is 1.91 bits per heavy atom. The summed E-state index contributed by atoms with van der Waals surface area (Å²) in [5.74, 6) is -1.38. The van der Waals surface area contributed by atoms with Gasteiger partial charge in [0.2, 0.25) is 11.8 Å². The number of aliphatic carboxylic acids is 1. The zero-order chi connectivity index (χ0) is 25.1. The molecule has 2 aromatic rings. The van der Waals surface area contributed by atoms with Crippen LogP contribution < -0.4 is 16.0 Å². The van der Waals surface area contributed by atoms with Crippen LogP contribution in [0.2, 0.25) is 5.02 Å². The molecule has 1 atom stereocenters. The van der Waals surface area contributed by atoms with Crippen molar-refractivity contribution in [1.29, 1.82) is 0 Å². The normalized spacial score (nSPS) is 11.0. The second-order valence-electron chi connectivity index (χ2n) is 7.56. The number of nitro benzene ring substituents is 1. The number of carboxylic acid groups (broad SMARTS) is 1. The quantitative estimate of drug-likeness (QED) is 0.137. The molecule has 1 heterocycles. The summed E-state index contributed by atoms with van der Waals surface area (Å²) < 4.78 is 0. The molecule has 4 N–H and O–H groups in total. The molecule has 13 heteroatoms. The van der Waals surface area contributed by atoms with E-state index in [1.54, 1.807) is 6.20 Å². The van der Waals surface area contributed by atoms with Crippen LogP contribution in [0.25, 0.3) is 0 Å². The first kappa shape index (κ1) is 30.3. The van der Waals surface area contributed by atoms with Crippen molar-refractivity contribution < 1.29 is 24.4 Å². The number of hydrogen-bond acceptors (Lipinski definition) is 7. The summed E-state index contributed by atoms with van der Waals surface area (Å²) in [6, 6.07) is 6.58. The number of halogens is 1. The zero-order valence-corrected chi connectivity index (χ0v) is 22.3. The summed E-state index contributed by atoms with van der Waals surface area (Å²) in [7, 11) is 0. The van der Waals surface area contributed by atoms with E-state index in [0.717, 1.165) is 23.9 Å². The fraction of sp³-hybridized carbons (Fsp3) is 0.364. The van der Waals surface area contributed by atoms with Crippen LogP contribution in [-0.2, 0) is 14.4 Å². The molecule has 0 aliphatic rings. The zero-order valence-electron chi connectivity index (χ0n) is 19.5. The van der Waals surface area contributed by atoms with Gasteiger partial charge in [-0.1, -0.05) is 17.7 Å². The molecule has 183 valence electrons. The Morgan fingerprint density at radius 3 is 2.57 bits per heavy atom. The molecule has 0 aliphatic carbocycles. The van der Waals surface area contributed by atoms with Crippen molar-refractivity contribution in [2.24, 2.45) is 0 Å². The number of aromatic nitrogens is 1. The van der Waals surface area contributed by atoms with Gasteiger partial charge in [-0.25, -0.2) is 4.98 Å². The van der Waals surface area contributed by atoms with Crippen LogP contribution in [0.3, 0.4) is 0 Å². The van der Waals surface area contributed by atoms with E-state index >= 15 is 0 Å². The first-order chi connectivity index (χ1) is 16.2. The maximum atomic E-state index is 12.3. The molecule has 1 aromatic heterocycles. The van der Waals surface area contributed by atoms with Crippen molar-refractivity contribution in [1.82, 2.24) is 15.6 Å². The van der Waals surface area contributed by atoms with Crippen molar-refractivity contribution in [2.45, 2.75) is 38.6 Å². The number of hydrogen-bond donors (Lipinski definition) is 4. The Bertz CT molecular complexity index is 1050. The fourth-order valence-electron chi connectivity index (χ4n) is 3.09. The molecule has 2 amide bonds. The van der Waals surface area contributed by atoms with E-state index in [-0.39, 0.29) is 59.0 Å². The van der Waals surface area contributed by atoms with Gasteiger partial charge in [0.25, 0.3) is 5.69 Å². The van der Waals surface area contributed by atoms with Gasteiger partial charge in [0.1, 0.15) is 10.8 Å². The van der Waals surface area contributed by atoms with Crippen LogP contribution in [0.4, 0.5) is 11.5 Å². The van der Waals surface area contributed by atoms with Crippen LogP contribution in [0.1, 0.15) is 42.9 Å². The van der Waals surface area contributed by atoms with E-state index in [2.05, 4.69) is 20.9 Å². The van der Waals surface area contributed by atoms with Crippen molar-refractivity contribution in [3.63, 3.8) is 0 Å². The molecule has 0 aliphatic heterocycles. The Hall–Kier alpha value is -2.73. The molecule has 1 radical (unpaired) electrons. The number of carboxylic acids is 1. The summed E-state index contributed by atoms with van der Waals surface area (Å²) in [4.78, 5) is 50.1. The number of benzene rings is 1. The number of nitrogens with one attached hydrogen (secondary N) is 3. The fourth-order valence-corrected chi connectivity index (χ4v) is 3.27. The number of nitro groups is 1. The minimum Gasteiger partial charge on any atom is -0.481 e. The summed E-state index contributed by atoms with van der Waals surface area (Å²) in [5.41, 5.74) is 0.911. The Labute approximate surface area is 229 Å². The minimum absolute atomic E-state index is 0. The van der Waals surface area contributed by atoms with Crippen molar-refractivity contribution in [2.75, 3.05) is 18.4 Å². The smallest absolute Gasteiger partial charge is 0.305 e. The van der Waals surface area contributed by atoms with Gasteiger partial charge in [0, 0.05) is 54.8 Å². The largest absolute Gasteiger partial charge is 0.481 e. The molecule has 35 heavy (non-hydrogen) atoms. The average Bonchev–Trinajstić information content (AvgIpc) is 2.77. The van der Waals surface area contributed by atoms with E-state index < -0.39 is 34.9 Å². The second kappa shape index (κ2) is 15.3. The number of aryl methyl sites for hydroxylation is 1. The third kappa shape index (κ3) is 11.0. The standard InChI is InChI=1S/C22H26ClN5O6.Na/c1-14-7-9-25-19(10-14)24-8-3-2-4-20(29)26-13-21(30)27-17(12-22(31)32)15-5-6-16(23)18(11-15)28(33)34;/h5-7,9-11,17H,2-4,8,12-13H2,1H3,(H,24,25)(H,26,29)(H,27,30)(H,31,32);. The number of carbonyl (C=O) groups is 3. The number of nitrogens with zero attached hydrogens (tertiary/aromatic N) is 2. The van der Waals surface area contributed by atoms with Gasteiger partial charge in [-0.3, -0.25) is 24.5 Å². The number of anilines is 1. The SMILES string of the molecule is Cc1ccnc(NCCCCC(=O)NCC(=O)NC(CC(=O)O)c2ccc(Cl)c([N+](=O)[O-])c2)c1.[Na]. The monoisotopic (exact) mass is 514 g/mol. The van der Waals surface area contributed by atoms with Crippen LogP contribution in [-0.4, -0.2) is 75.4 Å². The van der Waals surface area contributed by atoms with Crippen molar-refractivity contribution in [3.05, 3.63) is 62.8 Å². The Balaban J connectivity index is 0.00000612. The summed E-state index contributed by atoms with van der Waals surface area (Å²) >= 11 is 5.79. The van der Waals surface area contributed by atoms with E-state index in [9.17, 15) is 24.5 Å². The molecule has 0 saturated heterocycles. The molecule has 0 bridgehead atoms. The maximum Gasteiger partial charge on any atom is 0.305 e. The van der Waals surface area contributed by atoms with E-state index in [0.29, 0.717) is 13.0 Å². The van der Waals surface area contributed by atoms with Crippen molar-refractivity contribution in [3.8, 4) is 0 Å². The van der Waals surface area contributed by atoms with Crippen LogP contribution >= 0.6 is 11.6 Å². The molecule has 2 rings (SSSR count). The van der Waals surface area contributed by atoms with Gasteiger partial charge in [-0.2, -0.15) is 0 Å². The van der Waals surface area contributed by atoms with Gasteiger partial charge < -0.3 is 21.1 Å². The number of unbranched alkanes of at least 4 members (excludes halogenated alkanes) is 1. The molecule has 1 unspecified atom stereocenters. The first-order valence-corrected chi connectivity index (χ1v) is 10.9. The van der Waals surface area contributed by atoms with Gasteiger partial charge >= 0.3 is 5.97 Å². The van der Waals surface area contributed by atoms with E-state index in [1.165, 1.54) is 12.1 Å². The summed E-state index contributed by atoms with van der Waals surface area (Å²) in [6.45, 7) is 2.26. The molecular formula is C22H26ClN5NaO6. The van der Waals surface area contributed by atoms with E-state index in [4.69, 9.17) is 16.7 Å². The number of carbonyl (C=O) groups excluding carboxylic acids is 2. The molecule has 0 spiro atoms. The summed E-state index contributed by atoms with van der Waals surface area (Å²) in [5, 5.41) is 28.3. The third-order valence-electron chi connectivity index (χ3n) is 4.78. The average molecular weight is 515 g/mol. The molecular weight excluding hydrogens is 489 g/mol. The molecule has 0 fully saturated rings. The number of rotatable bonds is 13. The topological polar surface area (TPSA) is 164 Å². The maximum absolute atomic E-state index is 12.3. The Morgan fingerprint density at radius 1 is 1.17 bits per heavy atom. The van der Waals surface area contributed by atoms with Gasteiger partial charge in [0.05, 0.1) is 23.9 Å². The van der Waals surface area contributed by atoms with E-state index in [1.807, 2.05) is 19.1 Å². The number of amides is 2. The predicted molar refractivity (Wildman–Crippen MR) is 131 cm³/mol.